The Bertz CT molecular complexity index is 632. The van der Waals surface area contributed by atoms with Crippen molar-refractivity contribution in [2.75, 3.05) is 0 Å². The maximum absolute atomic E-state index is 9.28. The lowest BCUT2D eigenvalue weighted by molar-refractivity contribution is 0.282. The fourth-order valence-corrected chi connectivity index (χ4v) is 2.57. The molecule has 0 radical (unpaired) electrons. The standard InChI is InChI=1S/C13H9Br2ClN2O/c14-9-1-3-12(8(5-9)7-19)17-18-13-4-2-10(15)6-11(13)16/h1-6,19H,7H2. The van der Waals surface area contributed by atoms with Gasteiger partial charge in [0, 0.05) is 14.5 Å². The predicted octanol–water partition coefficient (Wildman–Crippen LogP) is 5.77. The second kappa shape index (κ2) is 6.61. The van der Waals surface area contributed by atoms with Gasteiger partial charge in [-0.25, -0.2) is 0 Å². The van der Waals surface area contributed by atoms with E-state index in [9.17, 15) is 5.11 Å². The van der Waals surface area contributed by atoms with Crippen molar-refractivity contribution in [3.63, 3.8) is 0 Å². The number of hydrogen-bond acceptors (Lipinski definition) is 3. The number of aliphatic hydroxyl groups is 1. The van der Waals surface area contributed by atoms with Gasteiger partial charge in [-0.05, 0) is 36.4 Å². The Morgan fingerprint density at radius 3 is 2.16 bits per heavy atom. The molecule has 0 aliphatic carbocycles. The van der Waals surface area contributed by atoms with Crippen molar-refractivity contribution in [3.8, 4) is 0 Å². The fraction of sp³-hybridized carbons (Fsp3) is 0.0769. The molecular formula is C13H9Br2ClN2O. The second-order valence-electron chi connectivity index (χ2n) is 3.73. The van der Waals surface area contributed by atoms with Gasteiger partial charge in [0.1, 0.15) is 5.69 Å². The first-order valence-electron chi connectivity index (χ1n) is 5.36. The summed E-state index contributed by atoms with van der Waals surface area (Å²) in [4.78, 5) is 0. The summed E-state index contributed by atoms with van der Waals surface area (Å²) in [6, 6.07) is 10.8. The SMILES string of the molecule is OCc1cc(Br)ccc1N=Nc1ccc(Br)cc1Cl. The largest absolute Gasteiger partial charge is 0.392 e. The molecule has 6 heteroatoms. The van der Waals surface area contributed by atoms with Gasteiger partial charge in [-0.2, -0.15) is 5.11 Å². The number of benzene rings is 2. The molecule has 0 amide bonds. The molecule has 1 N–H and O–H groups in total. The zero-order valence-corrected chi connectivity index (χ0v) is 13.6. The van der Waals surface area contributed by atoms with Gasteiger partial charge in [0.05, 0.1) is 17.3 Å². The van der Waals surface area contributed by atoms with E-state index in [1.807, 2.05) is 12.1 Å². The van der Waals surface area contributed by atoms with Crippen LogP contribution in [0, 0.1) is 0 Å². The average Bonchev–Trinajstić information content (AvgIpc) is 2.39. The van der Waals surface area contributed by atoms with Crippen molar-refractivity contribution in [1.29, 1.82) is 0 Å². The molecule has 0 bridgehead atoms. The van der Waals surface area contributed by atoms with Gasteiger partial charge < -0.3 is 5.11 Å². The molecule has 3 nitrogen and oxygen atoms in total. The highest BCUT2D eigenvalue weighted by Crippen LogP contribution is 2.31. The highest BCUT2D eigenvalue weighted by atomic mass is 79.9. The summed E-state index contributed by atoms with van der Waals surface area (Å²) in [7, 11) is 0. The molecule has 0 aromatic heterocycles. The molecule has 0 fully saturated rings. The van der Waals surface area contributed by atoms with Crippen LogP contribution in [-0.4, -0.2) is 5.11 Å². The van der Waals surface area contributed by atoms with Crippen molar-refractivity contribution in [1.82, 2.24) is 0 Å². The molecule has 98 valence electrons. The Morgan fingerprint density at radius 1 is 0.947 bits per heavy atom. The summed E-state index contributed by atoms with van der Waals surface area (Å²) in [5, 5.41) is 18.0. The molecule has 0 saturated heterocycles. The number of hydrogen-bond donors (Lipinski definition) is 1. The number of halogens is 3. The van der Waals surface area contributed by atoms with E-state index in [2.05, 4.69) is 42.1 Å². The van der Waals surface area contributed by atoms with E-state index in [-0.39, 0.29) is 6.61 Å². The molecule has 2 aromatic rings. The smallest absolute Gasteiger partial charge is 0.104 e. The van der Waals surface area contributed by atoms with Crippen LogP contribution in [0.1, 0.15) is 5.56 Å². The van der Waals surface area contributed by atoms with Gasteiger partial charge in [0.25, 0.3) is 0 Å². The summed E-state index contributed by atoms with van der Waals surface area (Å²) >= 11 is 12.7. The van der Waals surface area contributed by atoms with Crippen LogP contribution >= 0.6 is 43.5 Å². The third-order valence-electron chi connectivity index (χ3n) is 2.39. The van der Waals surface area contributed by atoms with E-state index in [0.29, 0.717) is 22.0 Å². The third-order valence-corrected chi connectivity index (χ3v) is 3.68. The van der Waals surface area contributed by atoms with E-state index in [1.165, 1.54) is 0 Å². The molecule has 0 heterocycles. The van der Waals surface area contributed by atoms with E-state index in [1.54, 1.807) is 24.3 Å². The molecule has 2 aromatic carbocycles. The van der Waals surface area contributed by atoms with E-state index >= 15 is 0 Å². The van der Waals surface area contributed by atoms with E-state index in [0.717, 1.165) is 8.95 Å². The Morgan fingerprint density at radius 2 is 1.53 bits per heavy atom. The van der Waals surface area contributed by atoms with Gasteiger partial charge in [0.2, 0.25) is 0 Å². The Hall–Kier alpha value is -0.750. The van der Waals surface area contributed by atoms with Crippen LogP contribution < -0.4 is 0 Å². The molecule has 0 aliphatic heterocycles. The number of nitrogens with zero attached hydrogens (tertiary/aromatic N) is 2. The maximum Gasteiger partial charge on any atom is 0.104 e. The lowest BCUT2D eigenvalue weighted by Gasteiger charge is -2.02. The van der Waals surface area contributed by atoms with Gasteiger partial charge in [-0.3, -0.25) is 0 Å². The van der Waals surface area contributed by atoms with Crippen molar-refractivity contribution < 1.29 is 5.11 Å². The number of rotatable bonds is 3. The minimum absolute atomic E-state index is 0.0954. The van der Waals surface area contributed by atoms with Crippen molar-refractivity contribution >= 4 is 54.8 Å². The van der Waals surface area contributed by atoms with Crippen LogP contribution in [0.5, 0.6) is 0 Å². The first-order valence-corrected chi connectivity index (χ1v) is 7.32. The Labute approximate surface area is 132 Å². The van der Waals surface area contributed by atoms with Gasteiger partial charge >= 0.3 is 0 Å². The van der Waals surface area contributed by atoms with Crippen LogP contribution in [0.25, 0.3) is 0 Å². The van der Waals surface area contributed by atoms with Crippen LogP contribution in [0.15, 0.2) is 55.6 Å². The van der Waals surface area contributed by atoms with Crippen LogP contribution in [0.2, 0.25) is 5.02 Å². The third kappa shape index (κ3) is 3.86. The minimum atomic E-state index is -0.0954. The molecular weight excluding hydrogens is 395 g/mol. The molecule has 0 saturated carbocycles. The first-order chi connectivity index (χ1) is 9.10. The molecule has 2 rings (SSSR count). The van der Waals surface area contributed by atoms with Crippen LogP contribution in [0.3, 0.4) is 0 Å². The fourth-order valence-electron chi connectivity index (χ4n) is 1.45. The maximum atomic E-state index is 9.28. The summed E-state index contributed by atoms with van der Waals surface area (Å²) in [6.07, 6.45) is 0. The van der Waals surface area contributed by atoms with Crippen molar-refractivity contribution in [3.05, 3.63) is 55.9 Å². The average molecular weight is 404 g/mol. The quantitative estimate of drug-likeness (QED) is 0.648. The lowest BCUT2D eigenvalue weighted by atomic mass is 10.2. The summed E-state index contributed by atoms with van der Waals surface area (Å²) in [5.74, 6) is 0. The van der Waals surface area contributed by atoms with Crippen molar-refractivity contribution in [2.24, 2.45) is 10.2 Å². The normalized spacial score (nSPS) is 11.2. The number of azo groups is 1. The zero-order valence-electron chi connectivity index (χ0n) is 9.65. The molecule has 19 heavy (non-hydrogen) atoms. The highest BCUT2D eigenvalue weighted by Gasteiger charge is 2.03. The minimum Gasteiger partial charge on any atom is -0.392 e. The zero-order chi connectivity index (χ0) is 13.8. The van der Waals surface area contributed by atoms with E-state index < -0.39 is 0 Å². The number of aliphatic hydroxyl groups excluding tert-OH is 1. The first kappa shape index (κ1) is 14.7. The molecule has 0 atom stereocenters. The summed E-state index contributed by atoms with van der Waals surface area (Å²) in [5.41, 5.74) is 1.90. The Kier molecular flexibility index (Phi) is 5.10. The topological polar surface area (TPSA) is 45.0 Å². The lowest BCUT2D eigenvalue weighted by Crippen LogP contribution is -1.83. The molecule has 0 spiro atoms. The van der Waals surface area contributed by atoms with Gasteiger partial charge in [-0.1, -0.05) is 43.5 Å². The summed E-state index contributed by atoms with van der Waals surface area (Å²) in [6.45, 7) is -0.0954. The highest BCUT2D eigenvalue weighted by molar-refractivity contribution is 9.10. The van der Waals surface area contributed by atoms with Crippen LogP contribution in [-0.2, 0) is 6.61 Å². The van der Waals surface area contributed by atoms with Crippen molar-refractivity contribution in [2.45, 2.75) is 6.61 Å². The van der Waals surface area contributed by atoms with Gasteiger partial charge in [0.15, 0.2) is 0 Å². The van der Waals surface area contributed by atoms with Gasteiger partial charge in [-0.15, -0.1) is 5.11 Å². The second-order valence-corrected chi connectivity index (χ2v) is 5.97. The summed E-state index contributed by atoms with van der Waals surface area (Å²) < 4.78 is 1.77. The molecule has 0 unspecified atom stereocenters. The molecule has 0 aliphatic rings. The Balaban J connectivity index is 2.32. The monoisotopic (exact) mass is 402 g/mol. The predicted molar refractivity (Wildman–Crippen MR) is 83.4 cm³/mol. The van der Waals surface area contributed by atoms with Crippen LogP contribution in [0.4, 0.5) is 11.4 Å². The van der Waals surface area contributed by atoms with E-state index in [4.69, 9.17) is 11.6 Å².